The van der Waals surface area contributed by atoms with Gasteiger partial charge < -0.3 is 20.7 Å². The van der Waals surface area contributed by atoms with Crippen LogP contribution in [0.15, 0.2) is 84.9 Å². The third kappa shape index (κ3) is 10.8. The highest BCUT2D eigenvalue weighted by Crippen LogP contribution is 2.10. The maximum absolute atomic E-state index is 13.5. The van der Waals surface area contributed by atoms with Crippen molar-refractivity contribution in [3.63, 3.8) is 0 Å². The van der Waals surface area contributed by atoms with Crippen molar-refractivity contribution in [1.82, 2.24) is 21.4 Å². The highest BCUT2D eigenvalue weighted by atomic mass is 16.5. The number of amides is 4. The van der Waals surface area contributed by atoms with Crippen LogP contribution >= 0.6 is 0 Å². The van der Waals surface area contributed by atoms with Gasteiger partial charge >= 0.3 is 0 Å². The van der Waals surface area contributed by atoms with Crippen LogP contribution in [-0.4, -0.2) is 53.6 Å². The molecule has 3 aromatic carbocycles. The first kappa shape index (κ1) is 32.0. The molecular weight excluding hydrogens is 536 g/mol. The van der Waals surface area contributed by atoms with Gasteiger partial charge in [-0.25, -0.2) is 5.48 Å². The summed E-state index contributed by atoms with van der Waals surface area (Å²) in [5.74, 6) is -2.43. The summed E-state index contributed by atoms with van der Waals surface area (Å²) in [5, 5.41) is 17.3. The van der Waals surface area contributed by atoms with Crippen molar-refractivity contribution in [1.29, 1.82) is 0 Å². The zero-order chi connectivity index (χ0) is 30.3. The molecule has 4 amide bonds. The fourth-order valence-corrected chi connectivity index (χ4v) is 4.31. The minimum absolute atomic E-state index is 0.115. The molecule has 0 spiro atoms. The van der Waals surface area contributed by atoms with E-state index in [0.29, 0.717) is 6.42 Å². The largest absolute Gasteiger partial charge is 0.374 e. The number of carbonyl (C=O) groups excluding carboxylic acids is 4. The van der Waals surface area contributed by atoms with Crippen molar-refractivity contribution >= 4 is 23.6 Å². The number of nitrogens with one attached hydrogen (secondary N) is 4. The lowest BCUT2D eigenvalue weighted by molar-refractivity contribution is -0.136. The summed E-state index contributed by atoms with van der Waals surface area (Å²) >= 11 is 0. The first-order valence-electron chi connectivity index (χ1n) is 13.8. The SMILES string of the molecule is CC(=O)N[C@@H](COCc1ccccc1)C(=O)N[C@H](CCc1ccccc1)C(=O)N[C@H](Cc1ccc(C)cc1)C(=O)NO. The Morgan fingerprint density at radius 2 is 1.26 bits per heavy atom. The van der Waals surface area contributed by atoms with E-state index in [2.05, 4.69) is 16.0 Å². The van der Waals surface area contributed by atoms with Gasteiger partial charge in [-0.3, -0.25) is 24.4 Å². The molecule has 0 saturated heterocycles. The lowest BCUT2D eigenvalue weighted by Gasteiger charge is -2.25. The van der Waals surface area contributed by atoms with Crippen molar-refractivity contribution in [3.05, 3.63) is 107 Å². The topological polar surface area (TPSA) is 146 Å². The maximum atomic E-state index is 13.5. The molecule has 222 valence electrons. The fourth-order valence-electron chi connectivity index (χ4n) is 4.31. The number of hydrogen-bond acceptors (Lipinski definition) is 6. The van der Waals surface area contributed by atoms with Crippen LogP contribution in [0.25, 0.3) is 0 Å². The van der Waals surface area contributed by atoms with Crippen LogP contribution in [0.3, 0.4) is 0 Å². The molecule has 3 rings (SSSR count). The zero-order valence-electron chi connectivity index (χ0n) is 23.8. The third-order valence-electron chi connectivity index (χ3n) is 6.59. The Labute approximate surface area is 245 Å². The Kier molecular flexibility index (Phi) is 12.7. The Morgan fingerprint density at radius 1 is 0.690 bits per heavy atom. The average Bonchev–Trinajstić information content (AvgIpc) is 2.99. The number of carbonyl (C=O) groups is 4. The minimum Gasteiger partial charge on any atom is -0.374 e. The molecule has 0 aromatic heterocycles. The van der Waals surface area contributed by atoms with Crippen LogP contribution in [0.1, 0.15) is 35.6 Å². The van der Waals surface area contributed by atoms with E-state index in [9.17, 15) is 24.4 Å². The molecular formula is C32H38N4O6. The molecule has 0 heterocycles. The van der Waals surface area contributed by atoms with Gasteiger partial charge in [0, 0.05) is 13.3 Å². The summed E-state index contributed by atoms with van der Waals surface area (Å²) in [7, 11) is 0. The van der Waals surface area contributed by atoms with E-state index in [4.69, 9.17) is 4.74 Å². The molecule has 3 atom stereocenters. The molecule has 0 bridgehead atoms. The molecule has 0 unspecified atom stereocenters. The average molecular weight is 575 g/mol. The van der Waals surface area contributed by atoms with Gasteiger partial charge in [0.05, 0.1) is 13.2 Å². The van der Waals surface area contributed by atoms with E-state index >= 15 is 0 Å². The van der Waals surface area contributed by atoms with Crippen molar-refractivity contribution < 1.29 is 29.1 Å². The van der Waals surface area contributed by atoms with Gasteiger partial charge in [-0.15, -0.1) is 0 Å². The molecule has 0 fully saturated rings. The molecule has 10 nitrogen and oxygen atoms in total. The number of rotatable bonds is 15. The molecule has 3 aromatic rings. The van der Waals surface area contributed by atoms with Crippen molar-refractivity contribution in [3.8, 4) is 0 Å². The smallest absolute Gasteiger partial charge is 0.266 e. The van der Waals surface area contributed by atoms with E-state index in [1.807, 2.05) is 91.9 Å². The summed E-state index contributed by atoms with van der Waals surface area (Å²) in [6.07, 6.45) is 0.806. The second-order valence-corrected chi connectivity index (χ2v) is 10.1. The predicted octanol–water partition coefficient (Wildman–Crippen LogP) is 2.37. The van der Waals surface area contributed by atoms with Crippen LogP contribution in [0.5, 0.6) is 0 Å². The molecule has 10 heteroatoms. The van der Waals surface area contributed by atoms with E-state index in [-0.39, 0.29) is 26.1 Å². The first-order valence-corrected chi connectivity index (χ1v) is 13.8. The molecule has 0 aliphatic rings. The molecule has 0 radical (unpaired) electrons. The van der Waals surface area contributed by atoms with E-state index in [0.717, 1.165) is 22.3 Å². The van der Waals surface area contributed by atoms with Crippen LogP contribution in [-0.2, 0) is 43.4 Å². The summed E-state index contributed by atoms with van der Waals surface area (Å²) in [5.41, 5.74) is 5.29. The second kappa shape index (κ2) is 16.7. The Balaban J connectivity index is 1.74. The van der Waals surface area contributed by atoms with Gasteiger partial charge in [0.2, 0.25) is 17.7 Å². The number of ether oxygens (including phenoxy) is 1. The number of benzene rings is 3. The van der Waals surface area contributed by atoms with Crippen LogP contribution in [0.2, 0.25) is 0 Å². The van der Waals surface area contributed by atoms with Gasteiger partial charge in [0.15, 0.2) is 0 Å². The molecule has 5 N–H and O–H groups in total. The minimum atomic E-state index is -1.10. The standard InChI is InChI=1S/C32H38N4O6/c1-22-13-15-25(16-14-22)19-28(32(40)36-41)35-30(38)27(18-17-24-9-5-3-6-10-24)34-31(39)29(33-23(2)37)21-42-20-26-11-7-4-8-12-26/h3-16,27-29,41H,17-21H2,1-2H3,(H,33,37)(H,34,39)(H,35,38)(H,36,40)/t27-,28-,29+/m1/s1. The Bertz CT molecular complexity index is 1300. The normalized spacial score (nSPS) is 12.8. The van der Waals surface area contributed by atoms with E-state index < -0.39 is 41.8 Å². The van der Waals surface area contributed by atoms with Crippen molar-refractivity contribution in [2.75, 3.05) is 6.61 Å². The zero-order valence-corrected chi connectivity index (χ0v) is 23.8. The third-order valence-corrected chi connectivity index (χ3v) is 6.59. The van der Waals surface area contributed by atoms with Gasteiger partial charge in [-0.05, 0) is 36.5 Å². The quantitative estimate of drug-likeness (QED) is 0.139. The fraction of sp³-hybridized carbons (Fsp3) is 0.312. The van der Waals surface area contributed by atoms with Crippen molar-refractivity contribution in [2.24, 2.45) is 0 Å². The molecule has 0 aliphatic carbocycles. The highest BCUT2D eigenvalue weighted by molar-refractivity contribution is 5.94. The first-order chi connectivity index (χ1) is 20.2. The second-order valence-electron chi connectivity index (χ2n) is 10.1. The van der Waals surface area contributed by atoms with Crippen LogP contribution in [0.4, 0.5) is 0 Å². The van der Waals surface area contributed by atoms with Crippen LogP contribution < -0.4 is 21.4 Å². The number of aryl methyl sites for hydroxylation is 2. The number of hydroxylamine groups is 1. The summed E-state index contributed by atoms with van der Waals surface area (Å²) in [4.78, 5) is 51.2. The maximum Gasteiger partial charge on any atom is 0.266 e. The van der Waals surface area contributed by atoms with Crippen LogP contribution in [0, 0.1) is 6.92 Å². The predicted molar refractivity (Wildman–Crippen MR) is 157 cm³/mol. The summed E-state index contributed by atoms with van der Waals surface area (Å²) in [6.45, 7) is 3.35. The van der Waals surface area contributed by atoms with Gasteiger partial charge in [-0.2, -0.15) is 0 Å². The van der Waals surface area contributed by atoms with Gasteiger partial charge in [0.25, 0.3) is 5.91 Å². The van der Waals surface area contributed by atoms with Gasteiger partial charge in [-0.1, -0.05) is 90.5 Å². The van der Waals surface area contributed by atoms with E-state index in [1.165, 1.54) is 6.92 Å². The highest BCUT2D eigenvalue weighted by Gasteiger charge is 2.29. The van der Waals surface area contributed by atoms with E-state index in [1.54, 1.807) is 5.48 Å². The lowest BCUT2D eigenvalue weighted by Crippen LogP contribution is -2.57. The molecule has 0 aliphatic heterocycles. The lowest BCUT2D eigenvalue weighted by atomic mass is 10.0. The summed E-state index contributed by atoms with van der Waals surface area (Å²) in [6, 6.07) is 23.1. The van der Waals surface area contributed by atoms with Gasteiger partial charge in [0.1, 0.15) is 18.1 Å². The molecule has 0 saturated carbocycles. The summed E-state index contributed by atoms with van der Waals surface area (Å²) < 4.78 is 5.70. The number of hydrogen-bond donors (Lipinski definition) is 5. The molecule has 42 heavy (non-hydrogen) atoms. The van der Waals surface area contributed by atoms with Crippen molar-refractivity contribution in [2.45, 2.75) is 57.8 Å². The Hall–Kier alpha value is -4.54. The Morgan fingerprint density at radius 3 is 1.86 bits per heavy atom. The monoisotopic (exact) mass is 574 g/mol.